The summed E-state index contributed by atoms with van der Waals surface area (Å²) in [6.45, 7) is 0. The van der Waals surface area contributed by atoms with Crippen LogP contribution < -0.4 is 5.73 Å². The SMILES string of the molecule is N[C@]1(c2cccc(Cl)c2)CCCC[C@@H]1O. The molecule has 0 radical (unpaired) electrons. The second-order valence-corrected chi connectivity index (χ2v) is 4.75. The zero-order chi connectivity index (χ0) is 10.9. The third kappa shape index (κ3) is 2.03. The van der Waals surface area contributed by atoms with Crippen LogP contribution in [0.1, 0.15) is 31.2 Å². The smallest absolute Gasteiger partial charge is 0.0761 e. The van der Waals surface area contributed by atoms with Gasteiger partial charge in [-0.15, -0.1) is 0 Å². The molecule has 2 atom stereocenters. The third-order valence-corrected chi connectivity index (χ3v) is 3.51. The molecule has 1 aromatic carbocycles. The summed E-state index contributed by atoms with van der Waals surface area (Å²) in [6, 6.07) is 7.51. The average Bonchev–Trinajstić information content (AvgIpc) is 2.23. The molecule has 0 aliphatic heterocycles. The number of halogens is 1. The quantitative estimate of drug-likeness (QED) is 0.771. The molecule has 3 N–H and O–H groups in total. The average molecular weight is 226 g/mol. The molecule has 1 aromatic rings. The molecular formula is C12H16ClNO. The molecule has 0 aromatic heterocycles. The van der Waals surface area contributed by atoms with Gasteiger partial charge in [-0.05, 0) is 30.5 Å². The highest BCUT2D eigenvalue weighted by Crippen LogP contribution is 2.35. The van der Waals surface area contributed by atoms with Gasteiger partial charge in [0.2, 0.25) is 0 Å². The zero-order valence-corrected chi connectivity index (χ0v) is 9.37. The van der Waals surface area contributed by atoms with Crippen molar-refractivity contribution < 1.29 is 5.11 Å². The number of rotatable bonds is 1. The van der Waals surface area contributed by atoms with Crippen LogP contribution in [-0.2, 0) is 5.54 Å². The summed E-state index contributed by atoms with van der Waals surface area (Å²) < 4.78 is 0. The van der Waals surface area contributed by atoms with Crippen molar-refractivity contribution in [2.75, 3.05) is 0 Å². The lowest BCUT2D eigenvalue weighted by Crippen LogP contribution is -2.49. The standard InChI is InChI=1S/C12H16ClNO/c13-10-5-3-4-9(8-10)12(14)7-2-1-6-11(12)15/h3-5,8,11,15H,1-2,6-7,14H2/t11-,12-/m0/s1. The Morgan fingerprint density at radius 2 is 2.20 bits per heavy atom. The fourth-order valence-electron chi connectivity index (χ4n) is 2.29. The van der Waals surface area contributed by atoms with E-state index in [1.807, 2.05) is 24.3 Å². The molecule has 0 amide bonds. The van der Waals surface area contributed by atoms with E-state index < -0.39 is 11.6 Å². The molecule has 0 heterocycles. The number of hydrogen-bond donors (Lipinski definition) is 2. The van der Waals surface area contributed by atoms with Crippen molar-refractivity contribution in [3.63, 3.8) is 0 Å². The molecular weight excluding hydrogens is 210 g/mol. The largest absolute Gasteiger partial charge is 0.391 e. The molecule has 1 aliphatic rings. The van der Waals surface area contributed by atoms with Crippen LogP contribution >= 0.6 is 11.6 Å². The Kier molecular flexibility index (Phi) is 3.01. The summed E-state index contributed by atoms with van der Waals surface area (Å²) in [5.41, 5.74) is 6.62. The highest BCUT2D eigenvalue weighted by Gasteiger charge is 2.37. The first-order chi connectivity index (χ1) is 7.13. The summed E-state index contributed by atoms with van der Waals surface area (Å²) in [7, 11) is 0. The maximum atomic E-state index is 10.0. The van der Waals surface area contributed by atoms with E-state index in [2.05, 4.69) is 0 Å². The van der Waals surface area contributed by atoms with Gasteiger partial charge in [-0.1, -0.05) is 36.6 Å². The summed E-state index contributed by atoms with van der Waals surface area (Å²) in [5.74, 6) is 0. The minimum atomic E-state index is -0.608. The van der Waals surface area contributed by atoms with Crippen LogP contribution in [0.5, 0.6) is 0 Å². The van der Waals surface area contributed by atoms with Crippen molar-refractivity contribution in [3.8, 4) is 0 Å². The molecule has 0 unspecified atom stereocenters. The number of aliphatic hydroxyl groups excluding tert-OH is 1. The minimum Gasteiger partial charge on any atom is -0.391 e. The normalized spacial score (nSPS) is 31.5. The Balaban J connectivity index is 2.34. The Morgan fingerprint density at radius 1 is 1.40 bits per heavy atom. The zero-order valence-electron chi connectivity index (χ0n) is 8.62. The van der Waals surface area contributed by atoms with E-state index in [4.69, 9.17) is 17.3 Å². The number of hydrogen-bond acceptors (Lipinski definition) is 2. The maximum Gasteiger partial charge on any atom is 0.0761 e. The van der Waals surface area contributed by atoms with Gasteiger partial charge in [0.25, 0.3) is 0 Å². The predicted octanol–water partition coefficient (Wildman–Crippen LogP) is 2.43. The van der Waals surface area contributed by atoms with Crippen molar-refractivity contribution in [2.45, 2.75) is 37.3 Å². The summed E-state index contributed by atoms with van der Waals surface area (Å²) in [5, 5.41) is 10.7. The first-order valence-corrected chi connectivity index (χ1v) is 5.74. The molecule has 2 nitrogen and oxygen atoms in total. The Labute approximate surface area is 95.1 Å². The van der Waals surface area contributed by atoms with E-state index in [-0.39, 0.29) is 0 Å². The van der Waals surface area contributed by atoms with Gasteiger partial charge in [-0.25, -0.2) is 0 Å². The number of benzene rings is 1. The van der Waals surface area contributed by atoms with Crippen molar-refractivity contribution >= 4 is 11.6 Å². The van der Waals surface area contributed by atoms with E-state index in [0.717, 1.165) is 31.2 Å². The van der Waals surface area contributed by atoms with Crippen LogP contribution in [-0.4, -0.2) is 11.2 Å². The van der Waals surface area contributed by atoms with Crippen LogP contribution in [0.3, 0.4) is 0 Å². The second-order valence-electron chi connectivity index (χ2n) is 4.31. The van der Waals surface area contributed by atoms with E-state index in [9.17, 15) is 5.11 Å². The van der Waals surface area contributed by atoms with Crippen LogP contribution in [0, 0.1) is 0 Å². The monoisotopic (exact) mass is 225 g/mol. The van der Waals surface area contributed by atoms with Crippen LogP contribution in [0.2, 0.25) is 5.02 Å². The van der Waals surface area contributed by atoms with Crippen LogP contribution in [0.15, 0.2) is 24.3 Å². The Morgan fingerprint density at radius 3 is 2.87 bits per heavy atom. The summed E-state index contributed by atoms with van der Waals surface area (Å²) in [4.78, 5) is 0. The van der Waals surface area contributed by atoms with Gasteiger partial charge < -0.3 is 10.8 Å². The highest BCUT2D eigenvalue weighted by molar-refractivity contribution is 6.30. The van der Waals surface area contributed by atoms with E-state index in [0.29, 0.717) is 5.02 Å². The van der Waals surface area contributed by atoms with Gasteiger partial charge in [0.05, 0.1) is 11.6 Å². The molecule has 1 aliphatic carbocycles. The maximum absolute atomic E-state index is 10.0. The lowest BCUT2D eigenvalue weighted by molar-refractivity contribution is 0.0450. The predicted molar refractivity (Wildman–Crippen MR) is 61.8 cm³/mol. The molecule has 0 bridgehead atoms. The van der Waals surface area contributed by atoms with Gasteiger partial charge in [-0.3, -0.25) is 0 Å². The van der Waals surface area contributed by atoms with Gasteiger partial charge in [0.1, 0.15) is 0 Å². The van der Waals surface area contributed by atoms with Gasteiger partial charge >= 0.3 is 0 Å². The molecule has 1 fully saturated rings. The minimum absolute atomic E-state index is 0.454. The Bertz CT molecular complexity index is 355. The lowest BCUT2D eigenvalue weighted by Gasteiger charge is -2.38. The van der Waals surface area contributed by atoms with Crippen molar-refractivity contribution in [1.82, 2.24) is 0 Å². The van der Waals surface area contributed by atoms with Gasteiger partial charge in [-0.2, -0.15) is 0 Å². The van der Waals surface area contributed by atoms with Crippen LogP contribution in [0.4, 0.5) is 0 Å². The molecule has 1 saturated carbocycles. The second kappa shape index (κ2) is 4.12. The first-order valence-electron chi connectivity index (χ1n) is 5.36. The van der Waals surface area contributed by atoms with E-state index in [1.54, 1.807) is 0 Å². The fraction of sp³-hybridized carbons (Fsp3) is 0.500. The molecule has 0 saturated heterocycles. The summed E-state index contributed by atoms with van der Waals surface area (Å²) >= 11 is 5.94. The summed E-state index contributed by atoms with van der Waals surface area (Å²) in [6.07, 6.45) is 3.28. The van der Waals surface area contributed by atoms with Crippen molar-refractivity contribution in [3.05, 3.63) is 34.9 Å². The number of nitrogens with two attached hydrogens (primary N) is 1. The molecule has 82 valence electrons. The highest BCUT2D eigenvalue weighted by atomic mass is 35.5. The van der Waals surface area contributed by atoms with Crippen molar-refractivity contribution in [1.29, 1.82) is 0 Å². The van der Waals surface area contributed by atoms with Gasteiger partial charge in [0.15, 0.2) is 0 Å². The fourth-order valence-corrected chi connectivity index (χ4v) is 2.48. The number of aliphatic hydroxyl groups is 1. The lowest BCUT2D eigenvalue weighted by atomic mass is 9.75. The first kappa shape index (κ1) is 10.9. The molecule has 3 heteroatoms. The van der Waals surface area contributed by atoms with E-state index in [1.165, 1.54) is 0 Å². The molecule has 2 rings (SSSR count). The third-order valence-electron chi connectivity index (χ3n) is 3.27. The molecule has 15 heavy (non-hydrogen) atoms. The van der Waals surface area contributed by atoms with Crippen molar-refractivity contribution in [2.24, 2.45) is 5.73 Å². The topological polar surface area (TPSA) is 46.2 Å². The van der Waals surface area contributed by atoms with Gasteiger partial charge in [0, 0.05) is 5.02 Å². The van der Waals surface area contributed by atoms with Crippen LogP contribution in [0.25, 0.3) is 0 Å². The Hall–Kier alpha value is -0.570. The van der Waals surface area contributed by atoms with E-state index >= 15 is 0 Å². The molecule has 0 spiro atoms.